The van der Waals surface area contributed by atoms with E-state index in [2.05, 4.69) is 4.99 Å². The maximum absolute atomic E-state index is 6.09. The summed E-state index contributed by atoms with van der Waals surface area (Å²) in [6.07, 6.45) is 0. The van der Waals surface area contributed by atoms with Crippen LogP contribution in [0.3, 0.4) is 0 Å². The van der Waals surface area contributed by atoms with Gasteiger partial charge < -0.3 is 5.73 Å². The Balaban J connectivity index is 1.96. The van der Waals surface area contributed by atoms with Gasteiger partial charge in [0.05, 0.1) is 11.4 Å². The fraction of sp³-hybridized carbons (Fsp3) is 0.0714. The van der Waals surface area contributed by atoms with Crippen LogP contribution in [0.1, 0.15) is 0 Å². The second kappa shape index (κ2) is 3.96. The first-order valence-electron chi connectivity index (χ1n) is 6.07. The van der Waals surface area contributed by atoms with Gasteiger partial charge in [-0.2, -0.15) is 9.78 Å². The van der Waals surface area contributed by atoms with Crippen molar-refractivity contribution >= 4 is 34.5 Å². The van der Waals surface area contributed by atoms with E-state index in [1.165, 1.54) is 0 Å². The molecule has 0 saturated carbocycles. The van der Waals surface area contributed by atoms with Gasteiger partial charge in [-0.15, -0.1) is 0 Å². The van der Waals surface area contributed by atoms with E-state index in [9.17, 15) is 0 Å². The number of fused-ring (bicyclic) bond motifs is 1. The minimum absolute atomic E-state index is 0.260. The summed E-state index contributed by atoms with van der Waals surface area (Å²) in [5, 5.41) is 0.608. The summed E-state index contributed by atoms with van der Waals surface area (Å²) in [5.41, 5.74) is 8.37. The molecule has 4 rings (SSSR count). The van der Waals surface area contributed by atoms with Crippen molar-refractivity contribution in [1.29, 1.82) is 0 Å². The van der Waals surface area contributed by atoms with Gasteiger partial charge in [-0.25, -0.2) is 4.99 Å². The van der Waals surface area contributed by atoms with Gasteiger partial charge in [-0.1, -0.05) is 29.8 Å². The van der Waals surface area contributed by atoms with Crippen LogP contribution in [0.2, 0.25) is 5.02 Å². The Hall–Kier alpha value is -2.08. The number of halogens is 1. The van der Waals surface area contributed by atoms with Crippen LogP contribution < -0.4 is 10.6 Å². The molecule has 100 valence electrons. The van der Waals surface area contributed by atoms with E-state index in [4.69, 9.17) is 27.1 Å². The summed E-state index contributed by atoms with van der Waals surface area (Å²) in [5.74, 6) is -0.893. The van der Waals surface area contributed by atoms with E-state index in [1.807, 2.05) is 47.4 Å². The van der Waals surface area contributed by atoms with Gasteiger partial charge >= 0.3 is 5.91 Å². The lowest BCUT2D eigenvalue weighted by Gasteiger charge is -2.31. The lowest BCUT2D eigenvalue weighted by atomic mass is 10.1. The Morgan fingerprint density at radius 3 is 2.55 bits per heavy atom. The fourth-order valence-electron chi connectivity index (χ4n) is 2.33. The molecule has 5 nitrogen and oxygen atoms in total. The number of nitrogens with zero attached hydrogens (tertiary/aromatic N) is 2. The maximum Gasteiger partial charge on any atom is 0.373 e. The van der Waals surface area contributed by atoms with Crippen molar-refractivity contribution in [1.82, 2.24) is 0 Å². The average Bonchev–Trinajstić information content (AvgIpc) is 3.23. The average molecular weight is 288 g/mol. The van der Waals surface area contributed by atoms with Gasteiger partial charge in [0.15, 0.2) is 5.84 Å². The zero-order valence-corrected chi connectivity index (χ0v) is 11.0. The summed E-state index contributed by atoms with van der Waals surface area (Å²) in [6, 6.07) is 15.1. The third-order valence-corrected chi connectivity index (χ3v) is 3.53. The quantitative estimate of drug-likeness (QED) is 0.646. The summed E-state index contributed by atoms with van der Waals surface area (Å²) in [6.45, 7) is 0. The molecule has 0 aliphatic carbocycles. The molecule has 0 bridgehead atoms. The number of hydrogen-bond acceptors (Lipinski definition) is 5. The van der Waals surface area contributed by atoms with Crippen molar-refractivity contribution < 1.29 is 9.78 Å². The molecule has 1 fully saturated rings. The lowest BCUT2D eigenvalue weighted by Crippen LogP contribution is -2.47. The number of aliphatic imine (C=N–C) groups is 1. The standard InChI is InChI=1S/C14H10ClN3O2/c15-9-6-7-11-12(8-9)18(10-4-2-1-3-5-10)14(19-20-14)13(16)17-11/h1-8H,(H2,16,17). The number of hydrogen-bond donors (Lipinski definition) is 1. The van der Waals surface area contributed by atoms with E-state index >= 15 is 0 Å². The van der Waals surface area contributed by atoms with E-state index in [1.54, 1.807) is 6.07 Å². The second-order valence-corrected chi connectivity index (χ2v) is 4.99. The highest BCUT2D eigenvalue weighted by Crippen LogP contribution is 2.50. The van der Waals surface area contributed by atoms with E-state index in [0.29, 0.717) is 5.02 Å². The molecule has 2 aliphatic heterocycles. The monoisotopic (exact) mass is 287 g/mol. The molecule has 0 amide bonds. The highest BCUT2D eigenvalue weighted by molar-refractivity contribution is 6.31. The van der Waals surface area contributed by atoms with Crippen LogP contribution in [-0.2, 0) is 9.78 Å². The zero-order valence-electron chi connectivity index (χ0n) is 10.3. The molecule has 0 atom stereocenters. The van der Waals surface area contributed by atoms with Crippen LogP contribution >= 0.6 is 11.6 Å². The highest BCUT2D eigenvalue weighted by atomic mass is 35.5. The number of anilines is 2. The van der Waals surface area contributed by atoms with E-state index in [0.717, 1.165) is 17.1 Å². The Morgan fingerprint density at radius 2 is 1.85 bits per heavy atom. The summed E-state index contributed by atoms with van der Waals surface area (Å²) in [7, 11) is 0. The molecular weight excluding hydrogens is 278 g/mol. The molecule has 2 aliphatic rings. The first-order valence-corrected chi connectivity index (χ1v) is 6.45. The topological polar surface area (TPSA) is 66.7 Å². The minimum atomic E-state index is -1.15. The van der Waals surface area contributed by atoms with Crippen LogP contribution in [0.25, 0.3) is 0 Å². The van der Waals surface area contributed by atoms with Crippen molar-refractivity contribution in [3.05, 3.63) is 53.6 Å². The van der Waals surface area contributed by atoms with Crippen molar-refractivity contribution in [2.24, 2.45) is 10.7 Å². The molecule has 2 N–H and O–H groups in total. The minimum Gasteiger partial charge on any atom is -0.381 e. The van der Waals surface area contributed by atoms with Crippen molar-refractivity contribution in [2.75, 3.05) is 4.90 Å². The highest BCUT2D eigenvalue weighted by Gasteiger charge is 2.62. The fourth-order valence-corrected chi connectivity index (χ4v) is 2.50. The van der Waals surface area contributed by atoms with Crippen molar-refractivity contribution in [2.45, 2.75) is 5.91 Å². The van der Waals surface area contributed by atoms with Crippen LogP contribution in [0, 0.1) is 0 Å². The van der Waals surface area contributed by atoms with Crippen molar-refractivity contribution in [3.8, 4) is 0 Å². The van der Waals surface area contributed by atoms with E-state index < -0.39 is 5.91 Å². The molecular formula is C14H10ClN3O2. The molecule has 2 aromatic rings. The number of benzene rings is 2. The van der Waals surface area contributed by atoms with Gasteiger partial charge in [0.25, 0.3) is 0 Å². The largest absolute Gasteiger partial charge is 0.381 e. The lowest BCUT2D eigenvalue weighted by molar-refractivity contribution is 0.0850. The Labute approximate surface area is 120 Å². The smallest absolute Gasteiger partial charge is 0.373 e. The summed E-state index contributed by atoms with van der Waals surface area (Å²) >= 11 is 6.09. The SMILES string of the molecule is NC1=Nc2ccc(Cl)cc2N(c2ccccc2)C12OO2. The number of amidine groups is 1. The van der Waals surface area contributed by atoms with Crippen LogP contribution in [0.5, 0.6) is 0 Å². The zero-order chi connectivity index (χ0) is 13.7. The molecule has 6 heteroatoms. The maximum atomic E-state index is 6.09. The molecule has 0 radical (unpaired) electrons. The summed E-state index contributed by atoms with van der Waals surface area (Å²) in [4.78, 5) is 16.4. The van der Waals surface area contributed by atoms with Gasteiger partial charge in [-0.3, -0.25) is 4.90 Å². The van der Waals surface area contributed by atoms with Crippen LogP contribution in [0.15, 0.2) is 53.5 Å². The second-order valence-electron chi connectivity index (χ2n) is 4.55. The third kappa shape index (κ3) is 1.54. The van der Waals surface area contributed by atoms with Gasteiger partial charge in [0.1, 0.15) is 0 Å². The van der Waals surface area contributed by atoms with Gasteiger partial charge in [0.2, 0.25) is 0 Å². The molecule has 1 saturated heterocycles. The van der Waals surface area contributed by atoms with Gasteiger partial charge in [-0.05, 0) is 30.3 Å². The molecule has 0 aromatic heterocycles. The number of nitrogens with two attached hydrogens (primary N) is 1. The Bertz CT molecular complexity index is 714. The number of para-hydroxylation sites is 1. The van der Waals surface area contributed by atoms with Crippen molar-refractivity contribution in [3.63, 3.8) is 0 Å². The third-order valence-electron chi connectivity index (χ3n) is 3.29. The Morgan fingerprint density at radius 1 is 1.10 bits per heavy atom. The first-order chi connectivity index (χ1) is 9.71. The number of rotatable bonds is 1. The normalized spacial score (nSPS) is 18.6. The predicted octanol–water partition coefficient (Wildman–Crippen LogP) is 3.10. The predicted molar refractivity (Wildman–Crippen MR) is 76.2 cm³/mol. The molecule has 2 aromatic carbocycles. The Kier molecular flexibility index (Phi) is 2.32. The molecule has 0 unspecified atom stereocenters. The van der Waals surface area contributed by atoms with Crippen LogP contribution in [0.4, 0.5) is 17.1 Å². The first kappa shape index (κ1) is 11.7. The molecule has 20 heavy (non-hydrogen) atoms. The van der Waals surface area contributed by atoms with Gasteiger partial charge in [0, 0.05) is 10.7 Å². The van der Waals surface area contributed by atoms with Crippen LogP contribution in [-0.4, -0.2) is 11.7 Å². The molecule has 1 spiro atoms. The summed E-state index contributed by atoms with van der Waals surface area (Å²) < 4.78 is 0. The molecule has 2 heterocycles. The van der Waals surface area contributed by atoms with E-state index in [-0.39, 0.29) is 5.84 Å².